The van der Waals surface area contributed by atoms with E-state index in [0.717, 1.165) is 51.4 Å². The van der Waals surface area contributed by atoms with Crippen molar-refractivity contribution in [3.05, 3.63) is 17.9 Å². The van der Waals surface area contributed by atoms with Gasteiger partial charge in [0.25, 0.3) is 0 Å². The first kappa shape index (κ1) is 89.1. The van der Waals surface area contributed by atoms with E-state index in [-0.39, 0.29) is 75.8 Å². The van der Waals surface area contributed by atoms with Gasteiger partial charge in [-0.3, -0.25) is 4.79 Å². The van der Waals surface area contributed by atoms with Crippen LogP contribution in [0.3, 0.4) is 0 Å². The molecular weight excluding hydrogens is 1520 g/mol. The predicted molar refractivity (Wildman–Crippen MR) is 345 cm³/mol. The Bertz CT molecular complexity index is 2180. The molecule has 0 aromatic carbocycles. The monoisotopic (exact) mass is 1640 g/mol. The van der Waals surface area contributed by atoms with Crippen molar-refractivity contribution in [3.63, 3.8) is 0 Å². The number of unbranched alkanes of at least 4 members (excludes halogenated alkanes) is 21. The summed E-state index contributed by atoms with van der Waals surface area (Å²) in [5.74, 6) is -0.271. The second-order valence-electron chi connectivity index (χ2n) is 27.3. The summed E-state index contributed by atoms with van der Waals surface area (Å²) >= 11 is 0. The number of hydrogen-bond donors (Lipinski definition) is 17. The largest absolute Gasteiger partial charge is 0.668 e. The molecule has 6 fully saturated rings. The summed E-state index contributed by atoms with van der Waals surface area (Å²) in [6.45, 7) is 2.18. The molecule has 0 saturated carbocycles. The molecule has 0 aromatic heterocycles. The van der Waals surface area contributed by atoms with E-state index in [9.17, 15) is 86.5 Å². The van der Waals surface area contributed by atoms with Crippen LogP contribution in [0.4, 0.5) is 0 Å². The molecule has 18 N–H and O–H groups in total. The Labute approximate surface area is 617 Å². The molecule has 0 bridgehead atoms. The topological polar surface area (TPSA) is 487 Å². The first-order valence-electron chi connectivity index (χ1n) is 36.2. The molecule has 6 rings (SSSR count). The van der Waals surface area contributed by atoms with Crippen molar-refractivity contribution in [3.8, 4) is 0 Å². The summed E-state index contributed by atoms with van der Waals surface area (Å²) in [5.41, 5.74) is 9.15. The zero-order chi connectivity index (χ0) is 71.4. The third kappa shape index (κ3) is 27.3. The molecule has 99 heavy (non-hydrogen) atoms. The average molecular weight is 1650 g/mol. The van der Waals surface area contributed by atoms with Crippen LogP contribution in [-0.2, 0) is 61.6 Å². The van der Waals surface area contributed by atoms with Crippen molar-refractivity contribution >= 4 is 5.91 Å². The fourth-order valence-corrected chi connectivity index (χ4v) is 13.2. The predicted octanol–water partition coefficient (Wildman–Crippen LogP) is -0.169. The zero-order valence-corrected chi connectivity index (χ0v) is 62.7. The van der Waals surface area contributed by atoms with Crippen LogP contribution < -0.4 is 5.32 Å². The number of allylic oxidation sites excluding steroid dienone is 1. The minimum absolute atomic E-state index is 0. The Morgan fingerprint density at radius 3 is 1.56 bits per heavy atom. The van der Waals surface area contributed by atoms with Crippen LogP contribution in [0.15, 0.2) is 12.2 Å². The van der Waals surface area contributed by atoms with Gasteiger partial charge in [0.05, 0.1) is 75.7 Å². The molecule has 6 saturated heterocycles. The fraction of sp³-hybridized carbons (Fsp3) is 0.955. The molecule has 30 atom stereocenters. The minimum atomic E-state index is -2.16. The van der Waals surface area contributed by atoms with Gasteiger partial charge >= 0.3 is 0 Å². The molecule has 1 radical (unpaired) electrons. The number of hydrogen-bond acceptors (Lipinski definition) is 29. The van der Waals surface area contributed by atoms with E-state index in [1.165, 1.54) is 96.8 Å². The van der Waals surface area contributed by atoms with E-state index in [1.807, 2.05) is 6.08 Å². The summed E-state index contributed by atoms with van der Waals surface area (Å²) in [4.78, 5) is 13.4. The van der Waals surface area contributed by atoms with Crippen LogP contribution in [0.1, 0.15) is 188 Å². The SMILES string of the molecule is CCCCCCCCCCCCC/C=C/C(O)C(CO[C@@H]1OC(CO)[C@@H](O[C@@H]2OC(CO)[C@H](O[C@H]3OC(CO)CC(O[C@@H]4OC(CO)[C@@H](O)C(O[C@@H]5OC(O)[C@H](O)C(O)C5O[C@@H]5OC(C)[C@@H](O)C(O)C5O)C4[NH-])C3O)C(O)C2O)CC1O)NC(=O)CCCCCCCCCCCCC.[Ac]. The smallest absolute Gasteiger partial charge is 0.220 e. The standard InChI is InChI=1S/C67H121N2O29.Ac/c1-4-6-8-10-12-14-16-17-19-20-22-24-26-28-40(74)39(69-47(76)29-27-25-23-21-18-15-13-11-9-7-5-2)36-87-62-41(75)31-42(44(33-71)92-62)90-66-57(85)54(82)58(46(35-73)94-66)95-64-51(79)43(30-38(32-70)89-64)91-63-48(68)59(50(78)45(34-72)93-63)96-67-60(53(81)55(83)61(86)98-67)97-65-56(84)52(80)49(77)37(3)88-65;/h26,28,37-46,48-68,70-75,77-86H,4-25,27,29-36H2,1-3H3,(H,69,76);/q-1;/b28-26+;/t37?,38?,39?,40?,41?,42-,43?,44?,45?,46?,48?,49+,50+,51?,52?,53?,54?,55+,56?,57?,58-,59?,60?,61?,62+,63+,64+,65-,66+,67+;/m0./s1. The number of rotatable bonds is 44. The summed E-state index contributed by atoms with van der Waals surface area (Å²) < 4.78 is 70.1. The Morgan fingerprint density at radius 2 is 0.970 bits per heavy atom. The zero-order valence-electron chi connectivity index (χ0n) is 57.9. The van der Waals surface area contributed by atoms with Gasteiger partial charge in [0, 0.05) is 63.3 Å². The van der Waals surface area contributed by atoms with E-state index in [2.05, 4.69) is 19.2 Å². The molecule has 6 aliphatic heterocycles. The van der Waals surface area contributed by atoms with Gasteiger partial charge in [0.15, 0.2) is 37.7 Å². The number of amides is 1. The van der Waals surface area contributed by atoms with Gasteiger partial charge in [0.1, 0.15) is 97.8 Å². The van der Waals surface area contributed by atoms with Crippen LogP contribution in [0.25, 0.3) is 5.73 Å². The Balaban J connectivity index is 0.0000177. The van der Waals surface area contributed by atoms with Crippen molar-refractivity contribution in [1.82, 2.24) is 5.32 Å². The van der Waals surface area contributed by atoms with Gasteiger partial charge in [-0.25, -0.2) is 0 Å². The number of carbonyl (C=O) groups excluding carboxylic acids is 1. The van der Waals surface area contributed by atoms with Gasteiger partial charge in [-0.05, 0) is 26.2 Å². The van der Waals surface area contributed by atoms with Crippen LogP contribution in [0.5, 0.6) is 0 Å². The molecule has 0 spiro atoms. The maximum absolute atomic E-state index is 13.4. The average Bonchev–Trinajstić information content (AvgIpc) is 0.781. The Morgan fingerprint density at radius 1 is 0.475 bits per heavy atom. The van der Waals surface area contributed by atoms with Crippen molar-refractivity contribution in [2.75, 3.05) is 33.0 Å². The van der Waals surface area contributed by atoms with Crippen LogP contribution in [0.2, 0.25) is 0 Å². The van der Waals surface area contributed by atoms with E-state index < -0.39 is 211 Å². The third-order valence-electron chi connectivity index (χ3n) is 19.4. The van der Waals surface area contributed by atoms with Gasteiger partial charge in [-0.2, -0.15) is 0 Å². The number of carbonyl (C=O) groups is 1. The quantitative estimate of drug-likeness (QED) is 0.0278. The van der Waals surface area contributed by atoms with Crippen molar-refractivity contribution in [2.45, 2.75) is 372 Å². The number of ether oxygens (including phenoxy) is 12. The van der Waals surface area contributed by atoms with E-state index in [0.29, 0.717) is 6.42 Å². The van der Waals surface area contributed by atoms with Crippen molar-refractivity contribution in [2.24, 2.45) is 0 Å². The van der Waals surface area contributed by atoms with Gasteiger partial charge < -0.3 is 150 Å². The molecule has 0 aromatic rings. The Hall–Kier alpha value is -0.508. The van der Waals surface area contributed by atoms with Crippen molar-refractivity contribution < 1.29 is 187 Å². The van der Waals surface area contributed by atoms with E-state index in [4.69, 9.17) is 62.6 Å². The van der Waals surface area contributed by atoms with E-state index in [1.54, 1.807) is 6.08 Å². The third-order valence-corrected chi connectivity index (χ3v) is 19.4. The Kier molecular flexibility index (Phi) is 42.6. The summed E-state index contributed by atoms with van der Waals surface area (Å²) in [6.07, 6.45) is -18.4. The number of nitrogens with one attached hydrogen (secondary N) is 2. The first-order chi connectivity index (χ1) is 47.1. The molecule has 19 unspecified atom stereocenters. The second-order valence-corrected chi connectivity index (χ2v) is 27.3. The summed E-state index contributed by atoms with van der Waals surface area (Å²) in [6, 6.07) is -2.82. The molecule has 6 heterocycles. The molecule has 6 aliphatic rings. The summed E-state index contributed by atoms with van der Waals surface area (Å²) in [7, 11) is 0. The van der Waals surface area contributed by atoms with Gasteiger partial charge in [0.2, 0.25) is 5.91 Å². The van der Waals surface area contributed by atoms with Crippen molar-refractivity contribution in [1.29, 1.82) is 0 Å². The normalized spacial score (nSPS) is 39.0. The molecule has 32 heteroatoms. The minimum Gasteiger partial charge on any atom is -0.668 e. The molecule has 31 nitrogen and oxygen atoms in total. The molecule has 0 aliphatic carbocycles. The van der Waals surface area contributed by atoms with E-state index >= 15 is 0 Å². The first-order valence-corrected chi connectivity index (χ1v) is 36.2. The fourth-order valence-electron chi connectivity index (χ4n) is 13.2. The van der Waals surface area contributed by atoms with Gasteiger partial charge in [-0.15, -0.1) is 0 Å². The maximum Gasteiger partial charge on any atom is 0.220 e. The molecular formula is C67H121AcN2O29-. The van der Waals surface area contributed by atoms with Crippen LogP contribution in [0, 0.1) is 44.1 Å². The molecule has 1 amide bonds. The van der Waals surface area contributed by atoms with Gasteiger partial charge in [-0.1, -0.05) is 160 Å². The van der Waals surface area contributed by atoms with Crippen LogP contribution in [-0.4, -0.2) is 305 Å². The maximum atomic E-state index is 13.4. The van der Waals surface area contributed by atoms with Crippen LogP contribution >= 0.6 is 0 Å². The second kappa shape index (κ2) is 47.3. The summed E-state index contributed by atoms with van der Waals surface area (Å²) in [5, 5.41) is 177. The molecule has 577 valence electrons. The number of aliphatic hydroxyl groups excluding tert-OH is 16. The number of aliphatic hydroxyl groups is 16.